The fourth-order valence-electron chi connectivity index (χ4n) is 3.81. The lowest BCUT2D eigenvalue weighted by Crippen LogP contribution is -2.22. The molecule has 3 N–H and O–H groups in total. The van der Waals surface area contributed by atoms with Crippen LogP contribution >= 0.6 is 23.4 Å². The maximum absolute atomic E-state index is 14.7. The molecule has 2 heterocycles. The van der Waals surface area contributed by atoms with Gasteiger partial charge in [0.05, 0.1) is 16.2 Å². The lowest BCUT2D eigenvalue weighted by Gasteiger charge is -2.15. The summed E-state index contributed by atoms with van der Waals surface area (Å²) in [7, 11) is 0. The van der Waals surface area contributed by atoms with E-state index in [1.165, 1.54) is 6.07 Å². The van der Waals surface area contributed by atoms with Crippen LogP contribution in [0.1, 0.15) is 6.92 Å². The molecule has 0 spiro atoms. The van der Waals surface area contributed by atoms with Crippen LogP contribution < -0.4 is 21.5 Å². The Kier molecular flexibility index (Phi) is 8.12. The number of aromatic nitrogens is 2. The standard InChI is InChI=1S/C26H25ClFN5O2S/c1-3-33-23-14-24(29-9-10-36-2)30-15-16(23)11-19(25(33)34)18-12-22(21(28)13-20(18)27)32-26(35)31-17-7-5-4-6-8-17/h4-8,11-15H,3,9-10H2,1-2H3,(H,29,30)(H2,31,32,35). The third-order valence-corrected chi connectivity index (χ3v) is 6.46. The van der Waals surface area contributed by atoms with E-state index >= 15 is 0 Å². The van der Waals surface area contributed by atoms with Gasteiger partial charge in [0.15, 0.2) is 0 Å². The van der Waals surface area contributed by atoms with E-state index < -0.39 is 11.8 Å². The van der Waals surface area contributed by atoms with Crippen molar-refractivity contribution in [2.45, 2.75) is 13.5 Å². The predicted octanol–water partition coefficient (Wildman–Crippen LogP) is 6.29. The lowest BCUT2D eigenvalue weighted by molar-refractivity contribution is 0.262. The Labute approximate surface area is 217 Å². The van der Waals surface area contributed by atoms with Crippen LogP contribution in [0.5, 0.6) is 0 Å². The van der Waals surface area contributed by atoms with Gasteiger partial charge in [0.1, 0.15) is 11.6 Å². The molecule has 2 aromatic carbocycles. The molecule has 0 unspecified atom stereocenters. The number of halogens is 2. The summed E-state index contributed by atoms with van der Waals surface area (Å²) in [6.07, 6.45) is 3.72. The van der Waals surface area contributed by atoms with Crippen molar-refractivity contribution >= 4 is 57.5 Å². The molecule has 2 aromatic heterocycles. The minimum atomic E-state index is -0.716. The summed E-state index contributed by atoms with van der Waals surface area (Å²) in [5.74, 6) is 0.898. The Morgan fingerprint density at radius 2 is 1.89 bits per heavy atom. The highest BCUT2D eigenvalue weighted by Gasteiger charge is 2.18. The van der Waals surface area contributed by atoms with Gasteiger partial charge in [-0.1, -0.05) is 29.8 Å². The van der Waals surface area contributed by atoms with Gasteiger partial charge in [0, 0.05) is 53.3 Å². The van der Waals surface area contributed by atoms with Crippen LogP contribution in [0, 0.1) is 5.82 Å². The SMILES string of the molecule is CCn1c(=O)c(-c2cc(NC(=O)Nc3ccccc3)c(F)cc2Cl)cc2cnc(NCCSC)cc21. The molecule has 0 aliphatic heterocycles. The molecule has 0 atom stereocenters. The number of thioether (sulfide) groups is 1. The van der Waals surface area contributed by atoms with E-state index in [0.717, 1.165) is 29.3 Å². The van der Waals surface area contributed by atoms with Crippen LogP contribution in [0.3, 0.4) is 0 Å². The molecule has 0 saturated heterocycles. The average Bonchev–Trinajstić information content (AvgIpc) is 2.86. The number of pyridine rings is 2. The van der Waals surface area contributed by atoms with Gasteiger partial charge in [-0.05, 0) is 43.5 Å². The first-order chi connectivity index (χ1) is 17.4. The number of anilines is 3. The van der Waals surface area contributed by atoms with Crippen LogP contribution in [-0.2, 0) is 6.54 Å². The van der Waals surface area contributed by atoms with Gasteiger partial charge >= 0.3 is 6.03 Å². The summed E-state index contributed by atoms with van der Waals surface area (Å²) in [5.41, 5.74) is 1.50. The first-order valence-corrected chi connectivity index (χ1v) is 13.1. The largest absolute Gasteiger partial charge is 0.369 e. The van der Waals surface area contributed by atoms with Crippen LogP contribution in [0.2, 0.25) is 5.02 Å². The summed E-state index contributed by atoms with van der Waals surface area (Å²) in [6.45, 7) is 3.05. The molecular formula is C26H25ClFN5O2S. The van der Waals surface area contributed by atoms with E-state index in [1.807, 2.05) is 25.3 Å². The number of benzene rings is 2. The van der Waals surface area contributed by atoms with E-state index in [4.69, 9.17) is 11.6 Å². The van der Waals surface area contributed by atoms with E-state index in [-0.39, 0.29) is 21.8 Å². The van der Waals surface area contributed by atoms with Crippen LogP contribution in [-0.4, -0.2) is 34.1 Å². The van der Waals surface area contributed by atoms with Crippen LogP contribution in [0.4, 0.5) is 26.4 Å². The molecule has 36 heavy (non-hydrogen) atoms. The van der Waals surface area contributed by atoms with Gasteiger partial charge < -0.3 is 20.5 Å². The van der Waals surface area contributed by atoms with E-state index in [2.05, 4.69) is 20.9 Å². The Bertz CT molecular complexity index is 1460. The average molecular weight is 526 g/mol. The molecule has 0 aliphatic rings. The van der Waals surface area contributed by atoms with Gasteiger partial charge in [0.2, 0.25) is 0 Å². The van der Waals surface area contributed by atoms with Crippen molar-refractivity contribution in [3.8, 4) is 11.1 Å². The van der Waals surface area contributed by atoms with E-state index in [9.17, 15) is 14.0 Å². The number of carbonyl (C=O) groups is 1. The molecule has 0 radical (unpaired) electrons. The van der Waals surface area contributed by atoms with Gasteiger partial charge in [-0.25, -0.2) is 14.2 Å². The van der Waals surface area contributed by atoms with Crippen molar-refractivity contribution in [2.24, 2.45) is 0 Å². The van der Waals surface area contributed by atoms with Crippen molar-refractivity contribution in [3.63, 3.8) is 0 Å². The van der Waals surface area contributed by atoms with Gasteiger partial charge in [-0.3, -0.25) is 4.79 Å². The summed E-state index contributed by atoms with van der Waals surface area (Å²) < 4.78 is 16.3. The zero-order valence-corrected chi connectivity index (χ0v) is 21.3. The lowest BCUT2D eigenvalue weighted by atomic mass is 10.0. The first-order valence-electron chi connectivity index (χ1n) is 11.3. The third-order valence-electron chi connectivity index (χ3n) is 5.53. The predicted molar refractivity (Wildman–Crippen MR) is 148 cm³/mol. The first kappa shape index (κ1) is 25.5. The molecule has 0 aliphatic carbocycles. The fourth-order valence-corrected chi connectivity index (χ4v) is 4.37. The number of hydrogen-bond acceptors (Lipinski definition) is 5. The van der Waals surface area contributed by atoms with Crippen molar-refractivity contribution in [1.82, 2.24) is 9.55 Å². The van der Waals surface area contributed by atoms with Gasteiger partial charge in [0.25, 0.3) is 5.56 Å². The molecule has 0 fully saturated rings. The maximum atomic E-state index is 14.7. The normalized spacial score (nSPS) is 10.9. The second kappa shape index (κ2) is 11.5. The highest BCUT2D eigenvalue weighted by molar-refractivity contribution is 7.98. The highest BCUT2D eigenvalue weighted by Crippen LogP contribution is 2.32. The number of rotatable bonds is 8. The number of nitrogens with one attached hydrogen (secondary N) is 3. The monoisotopic (exact) mass is 525 g/mol. The Morgan fingerprint density at radius 1 is 1.11 bits per heavy atom. The zero-order chi connectivity index (χ0) is 25.7. The molecule has 186 valence electrons. The van der Waals surface area contributed by atoms with Crippen molar-refractivity contribution < 1.29 is 9.18 Å². The maximum Gasteiger partial charge on any atom is 0.323 e. The molecule has 7 nitrogen and oxygen atoms in total. The number of aryl methyl sites for hydroxylation is 1. The molecule has 0 saturated carbocycles. The Morgan fingerprint density at radius 3 is 2.61 bits per heavy atom. The third kappa shape index (κ3) is 5.63. The summed E-state index contributed by atoms with van der Waals surface area (Å²) in [6, 6.07) is 14.2. The van der Waals surface area contributed by atoms with Crippen LogP contribution in [0.15, 0.2) is 65.6 Å². The molecule has 2 amide bonds. The molecule has 0 bridgehead atoms. The van der Waals surface area contributed by atoms with Gasteiger partial charge in [-0.2, -0.15) is 11.8 Å². The number of urea groups is 1. The zero-order valence-electron chi connectivity index (χ0n) is 19.8. The summed E-state index contributed by atoms with van der Waals surface area (Å²) >= 11 is 8.10. The molecule has 10 heteroatoms. The van der Waals surface area contributed by atoms with Crippen molar-refractivity contribution in [2.75, 3.05) is 34.5 Å². The Hall–Kier alpha value is -3.56. The van der Waals surface area contributed by atoms with Crippen molar-refractivity contribution in [3.05, 3.63) is 82.0 Å². The van der Waals surface area contributed by atoms with Crippen molar-refractivity contribution in [1.29, 1.82) is 0 Å². The summed E-state index contributed by atoms with van der Waals surface area (Å²) in [5, 5.41) is 9.19. The number of hydrogen-bond donors (Lipinski definition) is 3. The van der Waals surface area contributed by atoms with E-state index in [0.29, 0.717) is 23.6 Å². The van der Waals surface area contributed by atoms with Gasteiger partial charge in [-0.15, -0.1) is 0 Å². The quantitative estimate of drug-likeness (QED) is 0.235. The number of carbonyl (C=O) groups excluding carboxylic acids is 1. The number of fused-ring (bicyclic) bond motifs is 1. The topological polar surface area (TPSA) is 88.1 Å². The number of nitrogens with zero attached hydrogens (tertiary/aromatic N) is 2. The minimum Gasteiger partial charge on any atom is -0.369 e. The summed E-state index contributed by atoms with van der Waals surface area (Å²) in [4.78, 5) is 30.4. The highest BCUT2D eigenvalue weighted by atomic mass is 35.5. The molecular weight excluding hydrogens is 501 g/mol. The smallest absolute Gasteiger partial charge is 0.323 e. The fraction of sp³-hybridized carbons (Fsp3) is 0.192. The number of amides is 2. The Balaban J connectivity index is 1.71. The second-order valence-electron chi connectivity index (χ2n) is 7.91. The number of para-hydroxylation sites is 1. The van der Waals surface area contributed by atoms with E-state index in [1.54, 1.807) is 52.9 Å². The molecule has 4 aromatic rings. The second-order valence-corrected chi connectivity index (χ2v) is 9.31. The molecule has 4 rings (SSSR count). The van der Waals surface area contributed by atoms with Crippen LogP contribution in [0.25, 0.3) is 22.0 Å². The minimum absolute atomic E-state index is 0.0592.